The Morgan fingerprint density at radius 2 is 1.86 bits per heavy atom. The van der Waals surface area contributed by atoms with Gasteiger partial charge in [-0.15, -0.1) is 4.91 Å². The summed E-state index contributed by atoms with van der Waals surface area (Å²) in [5.41, 5.74) is 1.06. The van der Waals surface area contributed by atoms with E-state index in [0.717, 1.165) is 0 Å². The number of hydrogen-bond acceptors (Lipinski definition) is 4. The number of nitrogens with two attached hydrogens (primary N) is 1. The van der Waals surface area contributed by atoms with Crippen LogP contribution in [0.3, 0.4) is 0 Å². The molecule has 1 aromatic rings. The van der Waals surface area contributed by atoms with Gasteiger partial charge < -0.3 is 0 Å². The zero-order valence-corrected chi connectivity index (χ0v) is 8.63. The van der Waals surface area contributed by atoms with Gasteiger partial charge in [-0.1, -0.05) is 6.07 Å². The molecule has 0 aliphatic heterocycles. The summed E-state index contributed by atoms with van der Waals surface area (Å²) >= 11 is 0. The molecule has 0 aliphatic rings. The van der Waals surface area contributed by atoms with E-state index >= 15 is 0 Å². The Morgan fingerprint density at radius 3 is 2.29 bits per heavy atom. The Labute approximate surface area is 82.0 Å². The van der Waals surface area contributed by atoms with Crippen molar-refractivity contribution in [3.63, 3.8) is 0 Å². The first-order chi connectivity index (χ1) is 6.38. The molecule has 1 rings (SSSR count). The fraction of sp³-hybridized carbons (Fsp3) is 0.250. The average molecular weight is 214 g/mol. The molecule has 0 fully saturated rings. The molecule has 0 spiro atoms. The van der Waals surface area contributed by atoms with Gasteiger partial charge in [0.05, 0.1) is 4.90 Å². The summed E-state index contributed by atoms with van der Waals surface area (Å²) < 4.78 is 22.1. The van der Waals surface area contributed by atoms with Crippen LogP contribution in [-0.2, 0) is 10.0 Å². The van der Waals surface area contributed by atoms with E-state index in [1.54, 1.807) is 6.92 Å². The van der Waals surface area contributed by atoms with Gasteiger partial charge in [0.2, 0.25) is 10.0 Å². The second-order valence-corrected chi connectivity index (χ2v) is 4.52. The highest BCUT2D eigenvalue weighted by molar-refractivity contribution is 7.89. The van der Waals surface area contributed by atoms with Crippen LogP contribution in [0.2, 0.25) is 0 Å². The van der Waals surface area contributed by atoms with E-state index in [-0.39, 0.29) is 10.6 Å². The van der Waals surface area contributed by atoms with Crippen molar-refractivity contribution in [3.8, 4) is 0 Å². The zero-order chi connectivity index (χ0) is 10.9. The quantitative estimate of drug-likeness (QED) is 0.753. The summed E-state index contributed by atoms with van der Waals surface area (Å²) in [5.74, 6) is 0. The fourth-order valence-electron chi connectivity index (χ4n) is 1.27. The summed E-state index contributed by atoms with van der Waals surface area (Å²) in [5, 5.41) is 7.73. The summed E-state index contributed by atoms with van der Waals surface area (Å²) in [4.78, 5) is 10.4. The van der Waals surface area contributed by atoms with Gasteiger partial charge in [-0.05, 0) is 36.2 Å². The molecule has 0 atom stereocenters. The molecule has 5 nitrogen and oxygen atoms in total. The topological polar surface area (TPSA) is 89.6 Å². The molecule has 14 heavy (non-hydrogen) atoms. The maximum atomic E-state index is 11.1. The number of benzene rings is 1. The monoisotopic (exact) mass is 214 g/mol. The van der Waals surface area contributed by atoms with Gasteiger partial charge in [-0.25, -0.2) is 13.6 Å². The standard InChI is InChI=1S/C8H10N2O3S/c1-5-3-4-7(14(9,12)13)6(2)8(5)10-11/h3-4H,1-2H3,(H2,9,12,13). The molecular weight excluding hydrogens is 204 g/mol. The lowest BCUT2D eigenvalue weighted by molar-refractivity contribution is 0.597. The highest BCUT2D eigenvalue weighted by Gasteiger charge is 2.15. The van der Waals surface area contributed by atoms with Crippen LogP contribution >= 0.6 is 0 Å². The highest BCUT2D eigenvalue weighted by atomic mass is 32.2. The molecule has 0 saturated heterocycles. The maximum absolute atomic E-state index is 11.1. The molecule has 1 aromatic carbocycles. The van der Waals surface area contributed by atoms with Crippen LogP contribution in [-0.4, -0.2) is 8.42 Å². The minimum absolute atomic E-state index is 0.0577. The molecule has 0 radical (unpaired) electrons. The molecule has 0 bridgehead atoms. The van der Waals surface area contributed by atoms with Gasteiger partial charge in [-0.2, -0.15) is 0 Å². The molecule has 76 valence electrons. The molecule has 0 saturated carbocycles. The second kappa shape index (κ2) is 3.47. The van der Waals surface area contributed by atoms with Crippen molar-refractivity contribution in [2.45, 2.75) is 18.7 Å². The van der Waals surface area contributed by atoms with Crippen molar-refractivity contribution in [2.24, 2.45) is 10.3 Å². The lowest BCUT2D eigenvalue weighted by Gasteiger charge is -2.06. The molecule has 0 aromatic heterocycles. The minimum atomic E-state index is -3.78. The Kier molecular flexibility index (Phi) is 2.68. The van der Waals surface area contributed by atoms with E-state index in [9.17, 15) is 13.3 Å². The third kappa shape index (κ3) is 1.80. The fourth-order valence-corrected chi connectivity index (χ4v) is 2.05. The normalized spacial score (nSPS) is 11.4. The van der Waals surface area contributed by atoms with Gasteiger partial charge in [0.1, 0.15) is 5.69 Å². The van der Waals surface area contributed by atoms with Crippen LogP contribution in [0.25, 0.3) is 0 Å². The third-order valence-corrected chi connectivity index (χ3v) is 3.04. The van der Waals surface area contributed by atoms with Crippen molar-refractivity contribution in [3.05, 3.63) is 28.2 Å². The third-order valence-electron chi connectivity index (χ3n) is 1.98. The molecule has 2 N–H and O–H groups in total. The van der Waals surface area contributed by atoms with E-state index in [4.69, 9.17) is 5.14 Å². The number of sulfonamides is 1. The molecule has 6 heteroatoms. The number of primary sulfonamides is 1. The molecular formula is C8H10N2O3S. The largest absolute Gasteiger partial charge is 0.238 e. The van der Waals surface area contributed by atoms with E-state index < -0.39 is 10.0 Å². The number of hydrogen-bond donors (Lipinski definition) is 1. The van der Waals surface area contributed by atoms with Gasteiger partial charge in [0, 0.05) is 0 Å². The minimum Gasteiger partial charge on any atom is -0.225 e. The predicted molar refractivity (Wildman–Crippen MR) is 52.7 cm³/mol. The van der Waals surface area contributed by atoms with Crippen molar-refractivity contribution in [1.82, 2.24) is 0 Å². The molecule has 0 heterocycles. The summed E-state index contributed by atoms with van der Waals surface area (Å²) in [7, 11) is -3.78. The smallest absolute Gasteiger partial charge is 0.225 e. The van der Waals surface area contributed by atoms with E-state index in [0.29, 0.717) is 11.1 Å². The van der Waals surface area contributed by atoms with E-state index in [1.807, 2.05) is 0 Å². The zero-order valence-electron chi connectivity index (χ0n) is 7.81. The van der Waals surface area contributed by atoms with Crippen LogP contribution < -0.4 is 5.14 Å². The van der Waals surface area contributed by atoms with Crippen LogP contribution in [0.1, 0.15) is 11.1 Å². The van der Waals surface area contributed by atoms with Gasteiger partial charge in [0.15, 0.2) is 0 Å². The number of aryl methyl sites for hydroxylation is 1. The highest BCUT2D eigenvalue weighted by Crippen LogP contribution is 2.28. The number of nitroso groups, excluding NO2 is 1. The first-order valence-electron chi connectivity index (χ1n) is 3.84. The number of nitrogens with zero attached hydrogens (tertiary/aromatic N) is 1. The van der Waals surface area contributed by atoms with E-state index in [2.05, 4.69) is 5.18 Å². The first kappa shape index (κ1) is 10.8. The Bertz CT molecular complexity index is 480. The lowest BCUT2D eigenvalue weighted by Crippen LogP contribution is -2.13. The van der Waals surface area contributed by atoms with E-state index in [1.165, 1.54) is 19.1 Å². The maximum Gasteiger partial charge on any atom is 0.238 e. The van der Waals surface area contributed by atoms with Gasteiger partial charge in [-0.3, -0.25) is 0 Å². The van der Waals surface area contributed by atoms with Gasteiger partial charge in [0.25, 0.3) is 0 Å². The Balaban J connectivity index is 3.60. The summed E-state index contributed by atoms with van der Waals surface area (Å²) in [6.07, 6.45) is 0. The molecule has 0 aliphatic carbocycles. The number of rotatable bonds is 2. The van der Waals surface area contributed by atoms with Crippen LogP contribution in [0.4, 0.5) is 5.69 Å². The van der Waals surface area contributed by atoms with Gasteiger partial charge >= 0.3 is 0 Å². The summed E-state index contributed by atoms with van der Waals surface area (Å²) in [6, 6.07) is 2.87. The van der Waals surface area contributed by atoms with Crippen molar-refractivity contribution >= 4 is 15.7 Å². The van der Waals surface area contributed by atoms with Crippen LogP contribution in [0, 0.1) is 18.8 Å². The van der Waals surface area contributed by atoms with Crippen molar-refractivity contribution in [1.29, 1.82) is 0 Å². The molecule has 0 unspecified atom stereocenters. The Morgan fingerprint density at radius 1 is 1.29 bits per heavy atom. The van der Waals surface area contributed by atoms with Crippen LogP contribution in [0.5, 0.6) is 0 Å². The summed E-state index contributed by atoms with van der Waals surface area (Å²) in [6.45, 7) is 3.18. The van der Waals surface area contributed by atoms with Crippen LogP contribution in [0.15, 0.2) is 22.2 Å². The molecule has 0 amide bonds. The Hall–Kier alpha value is -1.27. The second-order valence-electron chi connectivity index (χ2n) is 2.99. The SMILES string of the molecule is Cc1ccc(S(N)(=O)=O)c(C)c1N=O. The average Bonchev–Trinajstić information content (AvgIpc) is 2.02. The van der Waals surface area contributed by atoms with Crippen molar-refractivity contribution in [2.75, 3.05) is 0 Å². The van der Waals surface area contributed by atoms with Crippen molar-refractivity contribution < 1.29 is 8.42 Å². The lowest BCUT2D eigenvalue weighted by atomic mass is 10.1. The predicted octanol–water partition coefficient (Wildman–Crippen LogP) is 1.35. The first-order valence-corrected chi connectivity index (χ1v) is 5.39.